The highest BCUT2D eigenvalue weighted by molar-refractivity contribution is 5.60. The van der Waals surface area contributed by atoms with Crippen molar-refractivity contribution in [1.29, 1.82) is 5.26 Å². The Morgan fingerprint density at radius 3 is 2.80 bits per heavy atom. The summed E-state index contributed by atoms with van der Waals surface area (Å²) in [6, 6.07) is 3.86. The number of aromatic nitrogens is 1. The Bertz CT molecular complexity index is 396. The third-order valence-corrected chi connectivity index (χ3v) is 2.12. The summed E-state index contributed by atoms with van der Waals surface area (Å²) in [6.45, 7) is 5.57. The topological polar surface area (TPSA) is 68.9 Å². The van der Waals surface area contributed by atoms with Gasteiger partial charge in [0.05, 0.1) is 23.6 Å². The van der Waals surface area contributed by atoms with Gasteiger partial charge in [0, 0.05) is 11.7 Å². The molecule has 0 spiro atoms. The number of aryl methyl sites for hydroxylation is 2. The molecular formula is C11H15N3O. The normalized spacial score (nSPS) is 11.9. The molecule has 0 aromatic carbocycles. The Morgan fingerprint density at radius 1 is 1.60 bits per heavy atom. The number of rotatable bonds is 3. The van der Waals surface area contributed by atoms with Gasteiger partial charge in [-0.25, -0.2) is 0 Å². The maximum atomic E-state index is 8.98. The number of aliphatic hydroxyl groups is 1. The van der Waals surface area contributed by atoms with Gasteiger partial charge in [-0.1, -0.05) is 0 Å². The zero-order chi connectivity index (χ0) is 11.4. The van der Waals surface area contributed by atoms with Gasteiger partial charge in [-0.15, -0.1) is 0 Å². The number of nitrogens with one attached hydrogen (secondary N) is 1. The van der Waals surface area contributed by atoms with Crippen molar-refractivity contribution in [3.05, 3.63) is 23.0 Å². The maximum Gasteiger partial charge on any atom is 0.103 e. The first-order valence-electron chi connectivity index (χ1n) is 4.84. The van der Waals surface area contributed by atoms with Gasteiger partial charge in [-0.3, -0.25) is 4.98 Å². The highest BCUT2D eigenvalue weighted by atomic mass is 16.3. The van der Waals surface area contributed by atoms with Crippen LogP contribution in [0.1, 0.15) is 23.9 Å². The van der Waals surface area contributed by atoms with Gasteiger partial charge in [0.15, 0.2) is 0 Å². The van der Waals surface area contributed by atoms with Crippen LogP contribution in [0.5, 0.6) is 0 Å². The molecule has 4 nitrogen and oxygen atoms in total. The highest BCUT2D eigenvalue weighted by Gasteiger charge is 2.09. The van der Waals surface area contributed by atoms with Gasteiger partial charge in [0.2, 0.25) is 0 Å². The molecule has 0 fully saturated rings. The lowest BCUT2D eigenvalue weighted by molar-refractivity contribution is 0.281. The predicted molar refractivity (Wildman–Crippen MR) is 58.6 cm³/mol. The molecule has 0 bridgehead atoms. The lowest BCUT2D eigenvalue weighted by Gasteiger charge is -2.15. The molecule has 1 rings (SSSR count). The highest BCUT2D eigenvalue weighted by Crippen LogP contribution is 2.19. The molecular weight excluding hydrogens is 190 g/mol. The molecule has 1 aromatic rings. The van der Waals surface area contributed by atoms with Crippen LogP contribution >= 0.6 is 0 Å². The number of hydrogen-bond donors (Lipinski definition) is 2. The van der Waals surface area contributed by atoms with Crippen molar-refractivity contribution in [2.75, 3.05) is 11.9 Å². The predicted octanol–water partition coefficient (Wildman–Crippen LogP) is 1.36. The van der Waals surface area contributed by atoms with E-state index in [1.165, 1.54) is 0 Å². The molecule has 0 amide bonds. The summed E-state index contributed by atoms with van der Waals surface area (Å²) in [7, 11) is 0. The molecule has 0 aliphatic heterocycles. The average molecular weight is 205 g/mol. The Morgan fingerprint density at radius 2 is 2.27 bits per heavy atom. The molecule has 0 saturated carbocycles. The lowest BCUT2D eigenvalue weighted by atomic mass is 10.1. The zero-order valence-electron chi connectivity index (χ0n) is 9.20. The maximum absolute atomic E-state index is 8.98. The van der Waals surface area contributed by atoms with Gasteiger partial charge in [-0.2, -0.15) is 5.26 Å². The van der Waals surface area contributed by atoms with Crippen LogP contribution in [0.25, 0.3) is 0 Å². The molecule has 1 unspecified atom stereocenters. The minimum atomic E-state index is -0.0710. The van der Waals surface area contributed by atoms with E-state index in [9.17, 15) is 0 Å². The van der Waals surface area contributed by atoms with Gasteiger partial charge >= 0.3 is 0 Å². The monoisotopic (exact) mass is 205 g/mol. The summed E-state index contributed by atoms with van der Waals surface area (Å²) < 4.78 is 0. The third kappa shape index (κ3) is 2.67. The standard InChI is InChI=1S/C11H15N3O/c1-7-4-11(14-8(2)6-15)10(5-12)9(3)13-7/h4,8,15H,6H2,1-3H3,(H,13,14). The van der Waals surface area contributed by atoms with Crippen LogP contribution in [0.4, 0.5) is 5.69 Å². The van der Waals surface area contributed by atoms with Crippen LogP contribution in [0.3, 0.4) is 0 Å². The quantitative estimate of drug-likeness (QED) is 0.781. The SMILES string of the molecule is Cc1cc(NC(C)CO)c(C#N)c(C)n1. The molecule has 1 aromatic heterocycles. The van der Waals surface area contributed by atoms with E-state index in [1.54, 1.807) is 6.92 Å². The van der Waals surface area contributed by atoms with Crippen molar-refractivity contribution < 1.29 is 5.11 Å². The Labute approximate surface area is 89.6 Å². The summed E-state index contributed by atoms with van der Waals surface area (Å²) in [5.41, 5.74) is 2.86. The van der Waals surface area contributed by atoms with E-state index in [2.05, 4.69) is 16.4 Å². The summed E-state index contributed by atoms with van der Waals surface area (Å²) in [5.74, 6) is 0. The number of hydrogen-bond acceptors (Lipinski definition) is 4. The van der Waals surface area contributed by atoms with E-state index in [0.717, 1.165) is 11.4 Å². The van der Waals surface area contributed by atoms with Crippen molar-refractivity contribution >= 4 is 5.69 Å². The average Bonchev–Trinajstić information content (AvgIpc) is 2.17. The first-order valence-corrected chi connectivity index (χ1v) is 4.84. The van der Waals surface area contributed by atoms with Crippen LogP contribution < -0.4 is 5.32 Å². The number of nitrogens with zero attached hydrogens (tertiary/aromatic N) is 2. The fourth-order valence-corrected chi connectivity index (χ4v) is 1.39. The molecule has 0 aliphatic rings. The molecule has 1 atom stereocenters. The molecule has 0 aliphatic carbocycles. The zero-order valence-corrected chi connectivity index (χ0v) is 9.20. The van der Waals surface area contributed by atoms with Crippen molar-refractivity contribution in [3.63, 3.8) is 0 Å². The minimum Gasteiger partial charge on any atom is -0.394 e. The van der Waals surface area contributed by atoms with Gasteiger partial charge in [-0.05, 0) is 26.8 Å². The van der Waals surface area contributed by atoms with E-state index >= 15 is 0 Å². The van der Waals surface area contributed by atoms with Crippen LogP contribution in [-0.4, -0.2) is 22.7 Å². The molecule has 15 heavy (non-hydrogen) atoms. The number of pyridine rings is 1. The molecule has 2 N–H and O–H groups in total. The van der Waals surface area contributed by atoms with E-state index < -0.39 is 0 Å². The molecule has 80 valence electrons. The number of aliphatic hydroxyl groups excluding tert-OH is 1. The first kappa shape index (κ1) is 11.5. The second-order valence-corrected chi connectivity index (χ2v) is 3.61. The number of anilines is 1. The molecule has 4 heteroatoms. The lowest BCUT2D eigenvalue weighted by Crippen LogP contribution is -2.20. The van der Waals surface area contributed by atoms with E-state index in [1.807, 2.05) is 19.9 Å². The van der Waals surface area contributed by atoms with E-state index in [-0.39, 0.29) is 12.6 Å². The summed E-state index contributed by atoms with van der Waals surface area (Å²) in [5, 5.41) is 21.0. The number of nitriles is 1. The van der Waals surface area contributed by atoms with Crippen molar-refractivity contribution in [2.45, 2.75) is 26.8 Å². The third-order valence-electron chi connectivity index (χ3n) is 2.12. The summed E-state index contributed by atoms with van der Waals surface area (Å²) in [4.78, 5) is 4.21. The van der Waals surface area contributed by atoms with Crippen molar-refractivity contribution in [1.82, 2.24) is 4.98 Å². The van der Waals surface area contributed by atoms with Crippen LogP contribution in [0.2, 0.25) is 0 Å². The van der Waals surface area contributed by atoms with Crippen molar-refractivity contribution in [3.8, 4) is 6.07 Å². The van der Waals surface area contributed by atoms with Crippen LogP contribution in [0, 0.1) is 25.2 Å². The molecule has 1 heterocycles. The van der Waals surface area contributed by atoms with E-state index in [0.29, 0.717) is 11.3 Å². The van der Waals surface area contributed by atoms with Crippen LogP contribution in [-0.2, 0) is 0 Å². The summed E-state index contributed by atoms with van der Waals surface area (Å²) in [6.07, 6.45) is 0. The minimum absolute atomic E-state index is 0.0330. The summed E-state index contributed by atoms with van der Waals surface area (Å²) >= 11 is 0. The Balaban J connectivity index is 3.10. The first-order chi connectivity index (χ1) is 7.08. The smallest absolute Gasteiger partial charge is 0.103 e. The Hall–Kier alpha value is -1.60. The Kier molecular flexibility index (Phi) is 3.64. The fourth-order valence-electron chi connectivity index (χ4n) is 1.39. The molecule has 0 radical (unpaired) electrons. The second-order valence-electron chi connectivity index (χ2n) is 3.61. The van der Waals surface area contributed by atoms with Crippen molar-refractivity contribution in [2.24, 2.45) is 0 Å². The fraction of sp³-hybridized carbons (Fsp3) is 0.455. The van der Waals surface area contributed by atoms with Crippen LogP contribution in [0.15, 0.2) is 6.07 Å². The second kappa shape index (κ2) is 4.76. The van der Waals surface area contributed by atoms with Gasteiger partial charge in [0.1, 0.15) is 6.07 Å². The largest absolute Gasteiger partial charge is 0.394 e. The van der Waals surface area contributed by atoms with Gasteiger partial charge in [0.25, 0.3) is 0 Å². The van der Waals surface area contributed by atoms with Gasteiger partial charge < -0.3 is 10.4 Å². The molecule has 0 saturated heterocycles. The van der Waals surface area contributed by atoms with E-state index in [4.69, 9.17) is 10.4 Å².